The van der Waals surface area contributed by atoms with Gasteiger partial charge in [0.1, 0.15) is 12.6 Å². The number of ether oxygens (including phenoxy) is 1. The first-order valence-corrected chi connectivity index (χ1v) is 4.86. The van der Waals surface area contributed by atoms with Crippen LogP contribution in [-0.4, -0.2) is 18.0 Å². The Bertz CT molecular complexity index is 365. The minimum atomic E-state index is -0.733. The van der Waals surface area contributed by atoms with Crippen molar-refractivity contribution in [2.24, 2.45) is 5.73 Å². The number of carbonyl (C=O) groups is 2. The fourth-order valence-electron chi connectivity index (χ4n) is 1.01. The summed E-state index contributed by atoms with van der Waals surface area (Å²) in [5.41, 5.74) is 5.86. The van der Waals surface area contributed by atoms with Crippen LogP contribution in [0.4, 0.5) is 4.79 Å². The first kappa shape index (κ1) is 12.0. The molecule has 0 saturated carbocycles. The highest BCUT2D eigenvalue weighted by Crippen LogP contribution is 2.00. The summed E-state index contributed by atoms with van der Waals surface area (Å²) in [4.78, 5) is 21.9. The summed E-state index contributed by atoms with van der Waals surface area (Å²) >= 11 is 0. The molecule has 1 unspecified atom stereocenters. The van der Waals surface area contributed by atoms with Gasteiger partial charge in [-0.2, -0.15) is 0 Å². The lowest BCUT2D eigenvalue weighted by Gasteiger charge is -2.10. The van der Waals surface area contributed by atoms with Gasteiger partial charge >= 0.3 is 6.09 Å². The molecule has 0 aliphatic heterocycles. The number of primary amides is 1. The normalized spacial score (nSPS) is 11.6. The number of hydrogen-bond acceptors (Lipinski definition) is 3. The smallest absolute Gasteiger partial charge is 0.408 e. The molecule has 0 heterocycles. The van der Waals surface area contributed by atoms with Gasteiger partial charge < -0.3 is 15.8 Å². The maximum absolute atomic E-state index is 11.2. The summed E-state index contributed by atoms with van der Waals surface area (Å²) in [6.45, 7) is 1.66. The molecule has 1 rings (SSSR count). The average molecular weight is 222 g/mol. The highest BCUT2D eigenvalue weighted by molar-refractivity contribution is 5.83. The highest BCUT2D eigenvalue weighted by atomic mass is 16.5. The summed E-state index contributed by atoms with van der Waals surface area (Å²) in [5.74, 6) is -0.600. The van der Waals surface area contributed by atoms with Gasteiger partial charge in [0.25, 0.3) is 0 Å². The molecule has 0 spiro atoms. The molecule has 2 amide bonds. The fourth-order valence-corrected chi connectivity index (χ4v) is 1.01. The second-order valence-electron chi connectivity index (χ2n) is 3.33. The van der Waals surface area contributed by atoms with Gasteiger partial charge in [0.15, 0.2) is 0 Å². The predicted octanol–water partition coefficient (Wildman–Crippen LogP) is 0.787. The monoisotopic (exact) mass is 222 g/mol. The van der Waals surface area contributed by atoms with Crippen molar-refractivity contribution in [3.63, 3.8) is 0 Å². The van der Waals surface area contributed by atoms with E-state index < -0.39 is 18.0 Å². The SMILES string of the molecule is CC(NC(=O)OCc1ccccc1)C(N)=O. The van der Waals surface area contributed by atoms with Crippen LogP contribution in [0.5, 0.6) is 0 Å². The molecular formula is C11H14N2O3. The number of nitrogens with two attached hydrogens (primary N) is 1. The molecule has 0 bridgehead atoms. The van der Waals surface area contributed by atoms with E-state index in [0.29, 0.717) is 0 Å². The van der Waals surface area contributed by atoms with Crippen LogP contribution in [0.25, 0.3) is 0 Å². The van der Waals surface area contributed by atoms with Crippen molar-refractivity contribution >= 4 is 12.0 Å². The van der Waals surface area contributed by atoms with Gasteiger partial charge in [-0.25, -0.2) is 4.79 Å². The van der Waals surface area contributed by atoms with Crippen molar-refractivity contribution in [3.05, 3.63) is 35.9 Å². The predicted molar refractivity (Wildman–Crippen MR) is 58.4 cm³/mol. The third-order valence-electron chi connectivity index (χ3n) is 1.97. The number of amides is 2. The maximum Gasteiger partial charge on any atom is 0.408 e. The van der Waals surface area contributed by atoms with E-state index in [9.17, 15) is 9.59 Å². The second kappa shape index (κ2) is 5.75. The molecule has 0 fully saturated rings. The first-order chi connectivity index (χ1) is 7.59. The molecule has 0 aliphatic rings. The van der Waals surface area contributed by atoms with E-state index in [1.165, 1.54) is 6.92 Å². The molecule has 0 saturated heterocycles. The van der Waals surface area contributed by atoms with Gasteiger partial charge in [-0.15, -0.1) is 0 Å². The Morgan fingerprint density at radius 3 is 2.56 bits per heavy atom. The van der Waals surface area contributed by atoms with Gasteiger partial charge in [0, 0.05) is 0 Å². The van der Waals surface area contributed by atoms with Crippen LogP contribution in [0.2, 0.25) is 0 Å². The van der Waals surface area contributed by atoms with Crippen molar-refractivity contribution in [1.29, 1.82) is 0 Å². The zero-order chi connectivity index (χ0) is 12.0. The molecule has 0 aliphatic carbocycles. The van der Waals surface area contributed by atoms with E-state index in [-0.39, 0.29) is 6.61 Å². The lowest BCUT2D eigenvalue weighted by molar-refractivity contribution is -0.119. The van der Waals surface area contributed by atoms with Gasteiger partial charge in [0.2, 0.25) is 5.91 Å². The molecular weight excluding hydrogens is 208 g/mol. The van der Waals surface area contributed by atoms with E-state index in [2.05, 4.69) is 5.32 Å². The van der Waals surface area contributed by atoms with Crippen molar-refractivity contribution in [2.45, 2.75) is 19.6 Å². The van der Waals surface area contributed by atoms with Crippen LogP contribution in [0.1, 0.15) is 12.5 Å². The van der Waals surface area contributed by atoms with Crippen LogP contribution < -0.4 is 11.1 Å². The molecule has 5 nitrogen and oxygen atoms in total. The molecule has 0 radical (unpaired) electrons. The van der Waals surface area contributed by atoms with E-state index in [4.69, 9.17) is 10.5 Å². The molecule has 0 aromatic heterocycles. The number of hydrogen-bond donors (Lipinski definition) is 2. The topological polar surface area (TPSA) is 81.4 Å². The largest absolute Gasteiger partial charge is 0.445 e. The lowest BCUT2D eigenvalue weighted by Crippen LogP contribution is -2.42. The van der Waals surface area contributed by atoms with E-state index >= 15 is 0 Å². The van der Waals surface area contributed by atoms with Crippen LogP contribution in [0.15, 0.2) is 30.3 Å². The van der Waals surface area contributed by atoms with Crippen molar-refractivity contribution in [1.82, 2.24) is 5.32 Å². The zero-order valence-corrected chi connectivity index (χ0v) is 8.97. The van der Waals surface area contributed by atoms with Crippen LogP contribution >= 0.6 is 0 Å². The van der Waals surface area contributed by atoms with E-state index in [1.54, 1.807) is 0 Å². The molecule has 5 heteroatoms. The Morgan fingerprint density at radius 1 is 1.38 bits per heavy atom. The lowest BCUT2D eigenvalue weighted by atomic mass is 10.2. The number of carbonyl (C=O) groups excluding carboxylic acids is 2. The summed E-state index contributed by atoms with van der Waals surface area (Å²) in [5, 5.41) is 2.31. The van der Waals surface area contributed by atoms with Crippen molar-refractivity contribution in [3.8, 4) is 0 Å². The Kier molecular flexibility index (Phi) is 4.32. The quantitative estimate of drug-likeness (QED) is 0.790. The third-order valence-corrected chi connectivity index (χ3v) is 1.97. The van der Waals surface area contributed by atoms with Gasteiger partial charge in [-0.3, -0.25) is 4.79 Å². The van der Waals surface area contributed by atoms with Crippen LogP contribution in [0.3, 0.4) is 0 Å². The number of nitrogens with one attached hydrogen (secondary N) is 1. The molecule has 1 aromatic carbocycles. The van der Waals surface area contributed by atoms with Gasteiger partial charge in [-0.1, -0.05) is 30.3 Å². The number of alkyl carbamates (subject to hydrolysis) is 1. The standard InChI is InChI=1S/C11H14N2O3/c1-8(10(12)14)13-11(15)16-7-9-5-3-2-4-6-9/h2-6,8H,7H2,1H3,(H2,12,14)(H,13,15). The average Bonchev–Trinajstić information content (AvgIpc) is 2.27. The van der Waals surface area contributed by atoms with Crippen molar-refractivity contribution in [2.75, 3.05) is 0 Å². The Labute approximate surface area is 93.6 Å². The van der Waals surface area contributed by atoms with Crippen molar-refractivity contribution < 1.29 is 14.3 Å². The maximum atomic E-state index is 11.2. The minimum Gasteiger partial charge on any atom is -0.445 e. The third kappa shape index (κ3) is 4.00. The zero-order valence-electron chi connectivity index (χ0n) is 8.97. The Balaban J connectivity index is 2.33. The van der Waals surface area contributed by atoms with E-state index in [0.717, 1.165) is 5.56 Å². The highest BCUT2D eigenvalue weighted by Gasteiger charge is 2.12. The molecule has 1 aromatic rings. The number of rotatable bonds is 4. The van der Waals surface area contributed by atoms with Gasteiger partial charge in [-0.05, 0) is 12.5 Å². The second-order valence-corrected chi connectivity index (χ2v) is 3.33. The van der Waals surface area contributed by atoms with E-state index in [1.807, 2.05) is 30.3 Å². The molecule has 16 heavy (non-hydrogen) atoms. The summed E-state index contributed by atoms with van der Waals surface area (Å²) in [6.07, 6.45) is -0.657. The number of benzene rings is 1. The Morgan fingerprint density at radius 2 is 2.00 bits per heavy atom. The molecule has 1 atom stereocenters. The van der Waals surface area contributed by atoms with Crippen LogP contribution in [-0.2, 0) is 16.1 Å². The van der Waals surface area contributed by atoms with Gasteiger partial charge in [0.05, 0.1) is 0 Å². The fraction of sp³-hybridized carbons (Fsp3) is 0.273. The minimum absolute atomic E-state index is 0.165. The summed E-state index contributed by atoms with van der Waals surface area (Å²) in [7, 11) is 0. The first-order valence-electron chi connectivity index (χ1n) is 4.86. The molecule has 3 N–H and O–H groups in total. The summed E-state index contributed by atoms with van der Waals surface area (Å²) < 4.78 is 4.89. The molecule has 86 valence electrons. The Hall–Kier alpha value is -2.04. The van der Waals surface area contributed by atoms with Crippen LogP contribution in [0, 0.1) is 0 Å². The summed E-state index contributed by atoms with van der Waals surface area (Å²) in [6, 6.07) is 8.52.